The molecule has 2 heteroatoms. The van der Waals surface area contributed by atoms with Gasteiger partial charge in [-0.1, -0.05) is 90.1 Å². The minimum atomic E-state index is 0.150. The van der Waals surface area contributed by atoms with Crippen molar-refractivity contribution in [1.82, 2.24) is 4.98 Å². The van der Waals surface area contributed by atoms with E-state index in [1.807, 2.05) is 6.20 Å². The van der Waals surface area contributed by atoms with Crippen LogP contribution in [-0.4, -0.2) is 4.98 Å². The Morgan fingerprint density at radius 1 is 0.724 bits per heavy atom. The zero-order valence-electron chi connectivity index (χ0n) is 18.3. The quantitative estimate of drug-likeness (QED) is 0.205. The van der Waals surface area contributed by atoms with Crippen LogP contribution in [0.1, 0.15) is 69.4 Å². The van der Waals surface area contributed by atoms with E-state index in [2.05, 4.69) is 136 Å². The second-order valence-electron chi connectivity index (χ2n) is 9.62. The standard InChI is InChI=1S/C27H30IN/c1-26(2,3)22-11-7-19(8-12-22)17-24(21-15-16-29-25(28)18-21)20-9-13-23(14-10-20)27(4,5)6/h7-18H,1-6H3/b24-17+. The lowest BCUT2D eigenvalue weighted by atomic mass is 9.85. The second-order valence-corrected chi connectivity index (χ2v) is 10.7. The molecule has 0 saturated heterocycles. The first-order valence-corrected chi connectivity index (χ1v) is 11.2. The van der Waals surface area contributed by atoms with Gasteiger partial charge in [0.1, 0.15) is 3.70 Å². The molecule has 3 aromatic rings. The second kappa shape index (κ2) is 8.43. The van der Waals surface area contributed by atoms with E-state index < -0.39 is 0 Å². The van der Waals surface area contributed by atoms with Gasteiger partial charge in [0.15, 0.2) is 0 Å². The van der Waals surface area contributed by atoms with Crippen LogP contribution in [0.2, 0.25) is 0 Å². The molecule has 0 spiro atoms. The molecule has 0 aliphatic heterocycles. The van der Waals surface area contributed by atoms with E-state index in [1.54, 1.807) is 0 Å². The van der Waals surface area contributed by atoms with E-state index >= 15 is 0 Å². The van der Waals surface area contributed by atoms with Crippen molar-refractivity contribution < 1.29 is 0 Å². The van der Waals surface area contributed by atoms with E-state index in [4.69, 9.17) is 0 Å². The molecule has 0 bridgehead atoms. The van der Waals surface area contributed by atoms with Crippen LogP contribution in [0.5, 0.6) is 0 Å². The van der Waals surface area contributed by atoms with Gasteiger partial charge in [0, 0.05) is 6.20 Å². The highest BCUT2D eigenvalue weighted by molar-refractivity contribution is 14.1. The van der Waals surface area contributed by atoms with Gasteiger partial charge in [0.05, 0.1) is 0 Å². The number of aromatic nitrogens is 1. The van der Waals surface area contributed by atoms with E-state index in [1.165, 1.54) is 33.4 Å². The van der Waals surface area contributed by atoms with Gasteiger partial charge in [-0.2, -0.15) is 0 Å². The molecule has 0 amide bonds. The molecule has 29 heavy (non-hydrogen) atoms. The molecule has 0 saturated carbocycles. The van der Waals surface area contributed by atoms with Crippen molar-refractivity contribution in [2.45, 2.75) is 52.4 Å². The summed E-state index contributed by atoms with van der Waals surface area (Å²) in [5.41, 5.74) is 7.84. The number of hydrogen-bond donors (Lipinski definition) is 0. The highest BCUT2D eigenvalue weighted by Gasteiger charge is 2.15. The molecule has 1 nitrogen and oxygen atoms in total. The maximum atomic E-state index is 4.37. The van der Waals surface area contributed by atoms with Crippen LogP contribution in [0.15, 0.2) is 66.9 Å². The Morgan fingerprint density at radius 2 is 1.24 bits per heavy atom. The normalized spacial score (nSPS) is 12.9. The third kappa shape index (κ3) is 5.57. The molecule has 0 aliphatic rings. The first kappa shape index (κ1) is 21.8. The zero-order chi connectivity index (χ0) is 21.2. The first-order chi connectivity index (χ1) is 13.5. The van der Waals surface area contributed by atoms with Gasteiger partial charge in [-0.05, 0) is 85.0 Å². The topological polar surface area (TPSA) is 12.9 Å². The van der Waals surface area contributed by atoms with Crippen LogP contribution in [0.25, 0.3) is 11.6 Å². The minimum Gasteiger partial charge on any atom is -0.250 e. The first-order valence-electron chi connectivity index (χ1n) is 10.1. The molecular weight excluding hydrogens is 465 g/mol. The molecule has 2 aromatic carbocycles. The summed E-state index contributed by atoms with van der Waals surface area (Å²) in [5.74, 6) is 0. The fourth-order valence-corrected chi connectivity index (χ4v) is 3.80. The Hall–Kier alpha value is -1.94. The maximum Gasteiger partial charge on any atom is 0.101 e. The van der Waals surface area contributed by atoms with Crippen molar-refractivity contribution in [3.05, 3.63) is 98.4 Å². The van der Waals surface area contributed by atoms with Gasteiger partial charge in [-0.3, -0.25) is 4.98 Å². The number of nitrogens with zero attached hydrogens (tertiary/aromatic N) is 1. The molecule has 1 aromatic heterocycles. The van der Waals surface area contributed by atoms with E-state index in [0.717, 1.165) is 3.70 Å². The summed E-state index contributed by atoms with van der Waals surface area (Å²) < 4.78 is 1.00. The van der Waals surface area contributed by atoms with Gasteiger partial charge in [-0.25, -0.2) is 0 Å². The van der Waals surface area contributed by atoms with Gasteiger partial charge in [0.25, 0.3) is 0 Å². The average Bonchev–Trinajstić information content (AvgIpc) is 2.65. The molecule has 0 unspecified atom stereocenters. The van der Waals surface area contributed by atoms with Crippen molar-refractivity contribution in [3.8, 4) is 0 Å². The lowest BCUT2D eigenvalue weighted by Crippen LogP contribution is -2.10. The number of pyridine rings is 1. The SMILES string of the molecule is CC(C)(C)c1ccc(/C=C(\c2ccc(C(C)(C)C)cc2)c2ccnc(I)c2)cc1. The lowest BCUT2D eigenvalue weighted by molar-refractivity contribution is 0.590. The largest absolute Gasteiger partial charge is 0.250 e. The minimum absolute atomic E-state index is 0.150. The molecule has 150 valence electrons. The van der Waals surface area contributed by atoms with Gasteiger partial charge in [-0.15, -0.1) is 0 Å². The number of halogens is 1. The molecule has 0 N–H and O–H groups in total. The zero-order valence-corrected chi connectivity index (χ0v) is 20.4. The van der Waals surface area contributed by atoms with Crippen LogP contribution in [0.3, 0.4) is 0 Å². The molecule has 3 rings (SSSR count). The third-order valence-corrected chi connectivity index (χ3v) is 5.78. The molecule has 0 radical (unpaired) electrons. The monoisotopic (exact) mass is 495 g/mol. The van der Waals surface area contributed by atoms with Crippen molar-refractivity contribution in [2.24, 2.45) is 0 Å². The van der Waals surface area contributed by atoms with Crippen LogP contribution < -0.4 is 0 Å². The Labute approximate surface area is 189 Å². The van der Waals surface area contributed by atoms with Crippen molar-refractivity contribution >= 4 is 34.2 Å². The van der Waals surface area contributed by atoms with Crippen LogP contribution in [0, 0.1) is 3.70 Å². The summed E-state index contributed by atoms with van der Waals surface area (Å²) in [6, 6.07) is 22.1. The van der Waals surface area contributed by atoms with Gasteiger partial charge >= 0.3 is 0 Å². The summed E-state index contributed by atoms with van der Waals surface area (Å²) in [7, 11) is 0. The maximum absolute atomic E-state index is 4.37. The summed E-state index contributed by atoms with van der Waals surface area (Å²) in [4.78, 5) is 4.37. The number of hydrogen-bond acceptors (Lipinski definition) is 1. The fraction of sp³-hybridized carbons (Fsp3) is 0.296. The van der Waals surface area contributed by atoms with Crippen molar-refractivity contribution in [1.29, 1.82) is 0 Å². The van der Waals surface area contributed by atoms with Crippen molar-refractivity contribution in [2.75, 3.05) is 0 Å². The summed E-state index contributed by atoms with van der Waals surface area (Å²) in [6.07, 6.45) is 4.17. The van der Waals surface area contributed by atoms with Gasteiger partial charge in [0.2, 0.25) is 0 Å². The van der Waals surface area contributed by atoms with E-state index in [9.17, 15) is 0 Å². The number of rotatable bonds is 3. The highest BCUT2D eigenvalue weighted by Crippen LogP contribution is 2.30. The third-order valence-electron chi connectivity index (χ3n) is 5.19. The summed E-state index contributed by atoms with van der Waals surface area (Å²) >= 11 is 2.28. The van der Waals surface area contributed by atoms with E-state index in [0.29, 0.717) is 0 Å². The average molecular weight is 495 g/mol. The van der Waals surface area contributed by atoms with Crippen molar-refractivity contribution in [3.63, 3.8) is 0 Å². The molecular formula is C27H30IN. The molecule has 0 fully saturated rings. The predicted molar refractivity (Wildman–Crippen MR) is 134 cm³/mol. The van der Waals surface area contributed by atoms with E-state index in [-0.39, 0.29) is 10.8 Å². The Morgan fingerprint density at radius 3 is 1.72 bits per heavy atom. The molecule has 1 heterocycles. The molecule has 0 aliphatic carbocycles. The lowest BCUT2D eigenvalue weighted by Gasteiger charge is -2.20. The highest BCUT2D eigenvalue weighted by atomic mass is 127. The smallest absolute Gasteiger partial charge is 0.101 e. The Kier molecular flexibility index (Phi) is 6.33. The predicted octanol–water partition coefficient (Wildman–Crippen LogP) is 7.87. The number of benzene rings is 2. The van der Waals surface area contributed by atoms with Crippen LogP contribution in [0.4, 0.5) is 0 Å². The van der Waals surface area contributed by atoms with Gasteiger partial charge < -0.3 is 0 Å². The summed E-state index contributed by atoms with van der Waals surface area (Å²) in [6.45, 7) is 13.5. The summed E-state index contributed by atoms with van der Waals surface area (Å²) in [5, 5.41) is 0. The molecule has 0 atom stereocenters. The Balaban J connectivity index is 2.08. The van der Waals surface area contributed by atoms with Crippen LogP contribution in [-0.2, 0) is 10.8 Å². The Bertz CT molecular complexity index is 998. The van der Waals surface area contributed by atoms with Crippen LogP contribution >= 0.6 is 22.6 Å². The fourth-order valence-electron chi connectivity index (χ4n) is 3.30.